The molecular weight excluding hydrogens is 284 g/mol. The number of nitrogens with zero attached hydrogens (tertiary/aromatic N) is 1. The van der Waals surface area contributed by atoms with Crippen LogP contribution in [0.1, 0.15) is 50.4 Å². The summed E-state index contributed by atoms with van der Waals surface area (Å²) in [6, 6.07) is 13.7. The number of carbonyl (C=O) groups is 1. The Bertz CT molecular complexity index is 676. The largest absolute Gasteiger partial charge is 0.271 e. The van der Waals surface area contributed by atoms with Gasteiger partial charge in [0.15, 0.2) is 0 Å². The van der Waals surface area contributed by atoms with Crippen LogP contribution in [0.3, 0.4) is 0 Å². The minimum Gasteiger partial charge on any atom is -0.267 e. The number of hydrogen-bond acceptors (Lipinski definition) is 2. The zero-order valence-corrected chi connectivity index (χ0v) is 14.3. The predicted octanol–water partition coefficient (Wildman–Crippen LogP) is 5.02. The molecule has 0 aliphatic heterocycles. The minimum atomic E-state index is -0.165. The van der Waals surface area contributed by atoms with Gasteiger partial charge in [-0.15, -0.1) is 0 Å². The average Bonchev–Trinajstić information content (AvgIpc) is 2.54. The van der Waals surface area contributed by atoms with Gasteiger partial charge in [0.1, 0.15) is 0 Å². The lowest BCUT2D eigenvalue weighted by molar-refractivity contribution is 0.0955. The molecule has 0 fully saturated rings. The topological polar surface area (TPSA) is 41.5 Å². The molecule has 0 heterocycles. The molecule has 3 nitrogen and oxygen atoms in total. The van der Waals surface area contributed by atoms with Gasteiger partial charge in [-0.2, -0.15) is 5.10 Å². The van der Waals surface area contributed by atoms with Crippen LogP contribution in [0.5, 0.6) is 0 Å². The van der Waals surface area contributed by atoms with E-state index in [0.29, 0.717) is 11.5 Å². The van der Waals surface area contributed by atoms with Crippen LogP contribution in [0.25, 0.3) is 10.8 Å². The highest BCUT2D eigenvalue weighted by Crippen LogP contribution is 2.15. The summed E-state index contributed by atoms with van der Waals surface area (Å²) in [5, 5.41) is 6.29. The van der Waals surface area contributed by atoms with Crippen molar-refractivity contribution >= 4 is 22.9 Å². The molecule has 3 heteroatoms. The molecule has 2 rings (SSSR count). The van der Waals surface area contributed by atoms with Crippen molar-refractivity contribution in [2.75, 3.05) is 0 Å². The van der Waals surface area contributed by atoms with Gasteiger partial charge in [0, 0.05) is 11.8 Å². The third-order valence-corrected chi connectivity index (χ3v) is 3.95. The van der Waals surface area contributed by atoms with E-state index in [0.717, 1.165) is 23.1 Å². The Hall–Kier alpha value is -2.16. The maximum Gasteiger partial charge on any atom is 0.271 e. The van der Waals surface area contributed by atoms with Crippen LogP contribution in [-0.4, -0.2) is 12.1 Å². The van der Waals surface area contributed by atoms with Crippen molar-refractivity contribution in [1.82, 2.24) is 5.43 Å². The standard InChI is InChI=1S/C20H26N2O/c1-15(2)7-6-8-16(3)14-21-22-20(23)19-12-11-17-9-4-5-10-18(17)13-19/h4-5,9-16H,6-8H2,1-3H3,(H,22,23). The van der Waals surface area contributed by atoms with E-state index in [4.69, 9.17) is 0 Å². The van der Waals surface area contributed by atoms with Crippen molar-refractivity contribution in [3.8, 4) is 0 Å². The molecule has 23 heavy (non-hydrogen) atoms. The zero-order valence-electron chi connectivity index (χ0n) is 14.3. The summed E-state index contributed by atoms with van der Waals surface area (Å²) in [7, 11) is 0. The molecule has 0 spiro atoms. The van der Waals surface area contributed by atoms with E-state index in [-0.39, 0.29) is 5.91 Å². The van der Waals surface area contributed by atoms with Crippen molar-refractivity contribution < 1.29 is 4.79 Å². The lowest BCUT2D eigenvalue weighted by Crippen LogP contribution is -2.18. The van der Waals surface area contributed by atoms with E-state index in [2.05, 4.69) is 31.3 Å². The first-order valence-electron chi connectivity index (χ1n) is 8.38. The number of hydrazone groups is 1. The first-order chi connectivity index (χ1) is 11.1. The molecule has 0 bridgehead atoms. The number of hydrogen-bond donors (Lipinski definition) is 1. The van der Waals surface area contributed by atoms with Gasteiger partial charge in [-0.25, -0.2) is 5.43 Å². The summed E-state index contributed by atoms with van der Waals surface area (Å²) in [6.07, 6.45) is 5.37. The Morgan fingerprint density at radius 2 is 1.83 bits per heavy atom. The monoisotopic (exact) mass is 310 g/mol. The van der Waals surface area contributed by atoms with Gasteiger partial charge in [0.2, 0.25) is 0 Å². The molecule has 0 saturated heterocycles. The van der Waals surface area contributed by atoms with Crippen molar-refractivity contribution in [2.45, 2.75) is 40.0 Å². The van der Waals surface area contributed by atoms with E-state index in [1.165, 1.54) is 12.8 Å². The SMILES string of the molecule is CC(C)CCCC(C)C=NNC(=O)c1ccc2ccccc2c1. The van der Waals surface area contributed by atoms with Crippen molar-refractivity contribution in [2.24, 2.45) is 16.9 Å². The fraction of sp³-hybridized carbons (Fsp3) is 0.400. The fourth-order valence-corrected chi connectivity index (χ4v) is 2.54. The first-order valence-corrected chi connectivity index (χ1v) is 8.38. The Labute approximate surface area is 138 Å². The highest BCUT2D eigenvalue weighted by molar-refractivity contribution is 5.98. The Balaban J connectivity index is 1.86. The van der Waals surface area contributed by atoms with Crippen LogP contribution in [-0.2, 0) is 0 Å². The van der Waals surface area contributed by atoms with E-state index >= 15 is 0 Å². The number of benzene rings is 2. The van der Waals surface area contributed by atoms with E-state index in [9.17, 15) is 4.79 Å². The third kappa shape index (κ3) is 5.51. The van der Waals surface area contributed by atoms with Crippen molar-refractivity contribution in [3.63, 3.8) is 0 Å². The maximum atomic E-state index is 12.1. The van der Waals surface area contributed by atoms with Gasteiger partial charge in [0.05, 0.1) is 0 Å². The highest BCUT2D eigenvalue weighted by atomic mass is 16.2. The second-order valence-corrected chi connectivity index (χ2v) is 6.58. The quantitative estimate of drug-likeness (QED) is 0.566. The molecule has 1 amide bonds. The maximum absolute atomic E-state index is 12.1. The van der Waals surface area contributed by atoms with Crippen LogP contribution >= 0.6 is 0 Å². The lowest BCUT2D eigenvalue weighted by Gasteiger charge is -2.07. The Morgan fingerprint density at radius 3 is 2.57 bits per heavy atom. The van der Waals surface area contributed by atoms with Gasteiger partial charge in [-0.05, 0) is 41.2 Å². The molecule has 1 N–H and O–H groups in total. The van der Waals surface area contributed by atoms with Gasteiger partial charge in [-0.3, -0.25) is 4.79 Å². The summed E-state index contributed by atoms with van der Waals surface area (Å²) in [4.78, 5) is 12.1. The van der Waals surface area contributed by atoms with Crippen LogP contribution in [0, 0.1) is 11.8 Å². The molecule has 0 radical (unpaired) electrons. The van der Waals surface area contributed by atoms with Crippen LogP contribution in [0.2, 0.25) is 0 Å². The molecule has 2 aromatic carbocycles. The molecule has 122 valence electrons. The van der Waals surface area contributed by atoms with Gasteiger partial charge >= 0.3 is 0 Å². The molecular formula is C20H26N2O. The first kappa shape index (κ1) is 17.2. The van der Waals surface area contributed by atoms with E-state index in [1.807, 2.05) is 48.7 Å². The molecule has 0 aromatic heterocycles. The molecule has 1 atom stereocenters. The molecule has 0 saturated carbocycles. The van der Waals surface area contributed by atoms with Crippen molar-refractivity contribution in [1.29, 1.82) is 0 Å². The Kier molecular flexibility index (Phi) is 6.33. The van der Waals surface area contributed by atoms with Gasteiger partial charge in [0.25, 0.3) is 5.91 Å². The normalized spacial score (nSPS) is 12.9. The summed E-state index contributed by atoms with van der Waals surface area (Å²) in [5.41, 5.74) is 3.26. The van der Waals surface area contributed by atoms with E-state index < -0.39 is 0 Å². The van der Waals surface area contributed by atoms with Crippen LogP contribution in [0.15, 0.2) is 47.6 Å². The Morgan fingerprint density at radius 1 is 1.09 bits per heavy atom. The third-order valence-electron chi connectivity index (χ3n) is 3.95. The number of fused-ring (bicyclic) bond motifs is 1. The second kappa shape index (κ2) is 8.47. The minimum absolute atomic E-state index is 0.165. The zero-order chi connectivity index (χ0) is 16.7. The summed E-state index contributed by atoms with van der Waals surface area (Å²) < 4.78 is 0. The molecule has 1 unspecified atom stereocenters. The summed E-state index contributed by atoms with van der Waals surface area (Å²) >= 11 is 0. The second-order valence-electron chi connectivity index (χ2n) is 6.58. The highest BCUT2D eigenvalue weighted by Gasteiger charge is 2.05. The number of nitrogens with one attached hydrogen (secondary N) is 1. The number of amides is 1. The predicted molar refractivity (Wildman–Crippen MR) is 97.8 cm³/mol. The van der Waals surface area contributed by atoms with Crippen LogP contribution in [0.4, 0.5) is 0 Å². The molecule has 0 aliphatic carbocycles. The fourth-order valence-electron chi connectivity index (χ4n) is 2.54. The summed E-state index contributed by atoms with van der Waals surface area (Å²) in [6.45, 7) is 6.61. The lowest BCUT2D eigenvalue weighted by atomic mass is 10.0. The van der Waals surface area contributed by atoms with Gasteiger partial charge in [-0.1, -0.05) is 63.9 Å². The smallest absolute Gasteiger partial charge is 0.267 e. The van der Waals surface area contributed by atoms with Crippen LogP contribution < -0.4 is 5.43 Å². The molecule has 2 aromatic rings. The van der Waals surface area contributed by atoms with Crippen molar-refractivity contribution in [3.05, 3.63) is 48.0 Å². The average molecular weight is 310 g/mol. The number of rotatable bonds is 7. The van der Waals surface area contributed by atoms with E-state index in [1.54, 1.807) is 0 Å². The number of carbonyl (C=O) groups excluding carboxylic acids is 1. The van der Waals surface area contributed by atoms with Gasteiger partial charge < -0.3 is 0 Å². The molecule has 0 aliphatic rings. The summed E-state index contributed by atoms with van der Waals surface area (Å²) in [5.74, 6) is 0.957.